The van der Waals surface area contributed by atoms with Crippen LogP contribution in [0.1, 0.15) is 37.9 Å². The lowest BCUT2D eigenvalue weighted by Crippen LogP contribution is -2.40. The Morgan fingerprint density at radius 3 is 2.70 bits per heavy atom. The number of nitrogens with zero attached hydrogens (tertiary/aromatic N) is 2. The number of rotatable bonds is 7. The Balaban J connectivity index is 1.96. The zero-order chi connectivity index (χ0) is 26.7. The van der Waals surface area contributed by atoms with Gasteiger partial charge in [0.15, 0.2) is 16.3 Å². The summed E-state index contributed by atoms with van der Waals surface area (Å²) in [5, 5.41) is 0.421. The number of carbonyl (C=O) groups excluding carboxylic acids is 1. The number of ether oxygens (including phenoxy) is 3. The molecule has 1 aromatic heterocycles. The summed E-state index contributed by atoms with van der Waals surface area (Å²) in [5.74, 6) is 2.80. The molecule has 0 aliphatic carbocycles. The number of fused-ring (bicyclic) bond motifs is 1. The Hall–Kier alpha value is -3.80. The van der Waals surface area contributed by atoms with Crippen molar-refractivity contribution in [1.82, 2.24) is 4.57 Å². The molecule has 0 bridgehead atoms. The lowest BCUT2D eigenvalue weighted by molar-refractivity contribution is -0.143. The molecule has 0 saturated carbocycles. The van der Waals surface area contributed by atoms with Gasteiger partial charge in [0.1, 0.15) is 12.6 Å². The monoisotopic (exact) mass is 536 g/mol. The number of methoxy groups -OCH3 is 1. The first kappa shape index (κ1) is 26.3. The van der Waals surface area contributed by atoms with Crippen molar-refractivity contribution < 1.29 is 19.0 Å². The maximum Gasteiger partial charge on any atom is 0.338 e. The van der Waals surface area contributed by atoms with Crippen LogP contribution >= 0.6 is 22.9 Å². The van der Waals surface area contributed by atoms with E-state index in [0.717, 1.165) is 0 Å². The van der Waals surface area contributed by atoms with Crippen molar-refractivity contribution in [2.75, 3.05) is 13.7 Å². The number of carbonyl (C=O) groups is 1. The van der Waals surface area contributed by atoms with Crippen molar-refractivity contribution in [3.05, 3.63) is 89.6 Å². The minimum atomic E-state index is -0.805. The van der Waals surface area contributed by atoms with E-state index < -0.39 is 12.0 Å². The summed E-state index contributed by atoms with van der Waals surface area (Å²) < 4.78 is 18.5. The zero-order valence-corrected chi connectivity index (χ0v) is 22.4. The molecule has 0 spiro atoms. The summed E-state index contributed by atoms with van der Waals surface area (Å²) in [7, 11) is 1.53. The Morgan fingerprint density at radius 1 is 1.27 bits per heavy atom. The van der Waals surface area contributed by atoms with Gasteiger partial charge in [-0.3, -0.25) is 9.36 Å². The molecule has 1 atom stereocenters. The third kappa shape index (κ3) is 5.19. The van der Waals surface area contributed by atoms with Gasteiger partial charge in [-0.05, 0) is 44.5 Å². The predicted octanol–water partition coefficient (Wildman–Crippen LogP) is 3.86. The van der Waals surface area contributed by atoms with Crippen molar-refractivity contribution in [3.8, 4) is 23.8 Å². The molecule has 0 fully saturated rings. The smallest absolute Gasteiger partial charge is 0.338 e. The first-order valence-corrected chi connectivity index (χ1v) is 12.7. The van der Waals surface area contributed by atoms with E-state index in [2.05, 4.69) is 10.9 Å². The average Bonchev–Trinajstić information content (AvgIpc) is 3.16. The molecule has 3 aromatic rings. The van der Waals surface area contributed by atoms with Crippen LogP contribution in [0, 0.1) is 12.3 Å². The van der Waals surface area contributed by atoms with Crippen molar-refractivity contribution >= 4 is 35.0 Å². The summed E-state index contributed by atoms with van der Waals surface area (Å²) in [6, 6.07) is 11.6. The zero-order valence-electron chi connectivity index (χ0n) is 20.8. The van der Waals surface area contributed by atoms with Gasteiger partial charge in [0.25, 0.3) is 5.56 Å². The van der Waals surface area contributed by atoms with Gasteiger partial charge in [0.2, 0.25) is 0 Å². The summed E-state index contributed by atoms with van der Waals surface area (Å²) >= 11 is 7.77. The highest BCUT2D eigenvalue weighted by Crippen LogP contribution is 2.35. The molecule has 4 rings (SSSR count). The fourth-order valence-electron chi connectivity index (χ4n) is 4.07. The fraction of sp³-hybridized carbons (Fsp3) is 0.250. The topological polar surface area (TPSA) is 79.1 Å². The molecule has 0 radical (unpaired) electrons. The van der Waals surface area contributed by atoms with Crippen LogP contribution in [0.2, 0.25) is 5.02 Å². The predicted molar refractivity (Wildman–Crippen MR) is 144 cm³/mol. The molecule has 1 unspecified atom stereocenters. The van der Waals surface area contributed by atoms with Crippen LogP contribution in [-0.4, -0.2) is 30.4 Å². The van der Waals surface area contributed by atoms with Crippen LogP contribution in [0.25, 0.3) is 6.08 Å². The number of allylic oxidation sites excluding steroid dienone is 1. The van der Waals surface area contributed by atoms with E-state index in [0.29, 0.717) is 42.7 Å². The van der Waals surface area contributed by atoms with Crippen LogP contribution in [0.4, 0.5) is 0 Å². The first-order valence-electron chi connectivity index (χ1n) is 11.5. The third-order valence-corrected chi connectivity index (χ3v) is 6.93. The number of para-hydroxylation sites is 1. The number of halogens is 1. The van der Waals surface area contributed by atoms with Gasteiger partial charge in [-0.15, -0.1) is 6.42 Å². The largest absolute Gasteiger partial charge is 0.493 e. The van der Waals surface area contributed by atoms with Crippen molar-refractivity contribution in [2.45, 2.75) is 32.9 Å². The Bertz CT molecular complexity index is 1610. The number of thiazole rings is 1. The highest BCUT2D eigenvalue weighted by atomic mass is 35.5. The Kier molecular flexibility index (Phi) is 7.86. The maximum atomic E-state index is 13.8. The van der Waals surface area contributed by atoms with E-state index in [9.17, 15) is 9.59 Å². The van der Waals surface area contributed by atoms with Crippen LogP contribution < -0.4 is 24.4 Å². The van der Waals surface area contributed by atoms with E-state index in [1.807, 2.05) is 6.07 Å². The lowest BCUT2D eigenvalue weighted by Gasteiger charge is -2.26. The molecular weight excluding hydrogens is 512 g/mol. The molecule has 7 nitrogen and oxygen atoms in total. The molecule has 190 valence electrons. The molecule has 2 aromatic carbocycles. The lowest BCUT2D eigenvalue weighted by atomic mass is 9.96. The first-order chi connectivity index (χ1) is 17.8. The molecule has 0 saturated heterocycles. The second-order valence-corrected chi connectivity index (χ2v) is 9.85. The second-order valence-electron chi connectivity index (χ2n) is 8.43. The van der Waals surface area contributed by atoms with Gasteiger partial charge >= 0.3 is 5.97 Å². The fourth-order valence-corrected chi connectivity index (χ4v) is 5.34. The molecule has 1 aliphatic heterocycles. The van der Waals surface area contributed by atoms with Gasteiger partial charge in [0.05, 0.1) is 29.0 Å². The number of hydrogen-bond donors (Lipinski definition) is 0. The van der Waals surface area contributed by atoms with Gasteiger partial charge in [-0.1, -0.05) is 59.2 Å². The van der Waals surface area contributed by atoms with Crippen molar-refractivity contribution in [2.24, 2.45) is 4.99 Å². The minimum absolute atomic E-state index is 0.0372. The van der Waals surface area contributed by atoms with Crippen LogP contribution in [0.5, 0.6) is 11.5 Å². The Labute approximate surface area is 223 Å². The highest BCUT2D eigenvalue weighted by molar-refractivity contribution is 7.07. The normalized spacial score (nSPS) is 15.2. The maximum absolute atomic E-state index is 13.8. The second kappa shape index (κ2) is 11.1. The standard InChI is InChI=1S/C28H25ClN2O5S/c1-6-14-35-25-18(10-9-13-21(25)34-5)15-22-26(32)31-24(19-11-7-8-12-20(19)29)23(27(33)36-16(2)3)17(4)30-28(31)37-22/h1,7-13,15-16,24H,14H2,2-5H3. The van der Waals surface area contributed by atoms with Gasteiger partial charge in [-0.2, -0.15) is 0 Å². The van der Waals surface area contributed by atoms with Crippen molar-refractivity contribution in [1.29, 1.82) is 0 Å². The summed E-state index contributed by atoms with van der Waals surface area (Å²) in [6.45, 7) is 5.30. The van der Waals surface area contributed by atoms with Crippen LogP contribution in [-0.2, 0) is 9.53 Å². The summed E-state index contributed by atoms with van der Waals surface area (Å²) in [4.78, 5) is 32.1. The average molecular weight is 537 g/mol. The van der Waals surface area contributed by atoms with Crippen LogP contribution in [0.15, 0.2) is 63.5 Å². The molecule has 2 heterocycles. The molecule has 0 N–H and O–H groups in total. The SMILES string of the molecule is C#CCOc1c(C=c2sc3n(c2=O)C(c2ccccc2Cl)C(C(=O)OC(C)C)=C(C)N=3)cccc1OC. The van der Waals surface area contributed by atoms with E-state index in [4.69, 9.17) is 32.2 Å². The quantitative estimate of drug-likeness (QED) is 0.338. The van der Waals surface area contributed by atoms with Gasteiger partial charge in [-0.25, -0.2) is 9.79 Å². The highest BCUT2D eigenvalue weighted by Gasteiger charge is 2.34. The molecular formula is C28H25ClN2O5S. The molecule has 37 heavy (non-hydrogen) atoms. The van der Waals surface area contributed by atoms with E-state index in [1.165, 1.54) is 23.0 Å². The van der Waals surface area contributed by atoms with Gasteiger partial charge in [0, 0.05) is 10.6 Å². The number of esters is 1. The molecule has 1 aliphatic rings. The number of terminal acetylenes is 1. The summed E-state index contributed by atoms with van der Waals surface area (Å²) in [5.41, 5.74) is 1.61. The number of benzene rings is 2. The van der Waals surface area contributed by atoms with Gasteiger partial charge < -0.3 is 14.2 Å². The van der Waals surface area contributed by atoms with Crippen molar-refractivity contribution in [3.63, 3.8) is 0 Å². The number of hydrogen-bond acceptors (Lipinski definition) is 7. The Morgan fingerprint density at radius 2 is 2.03 bits per heavy atom. The molecule has 0 amide bonds. The molecule has 9 heteroatoms. The summed E-state index contributed by atoms with van der Waals surface area (Å²) in [6.07, 6.45) is 6.73. The minimum Gasteiger partial charge on any atom is -0.493 e. The third-order valence-electron chi connectivity index (χ3n) is 5.60. The van der Waals surface area contributed by atoms with E-state index in [1.54, 1.807) is 63.2 Å². The van der Waals surface area contributed by atoms with E-state index >= 15 is 0 Å². The number of aromatic nitrogens is 1. The van der Waals surface area contributed by atoms with E-state index in [-0.39, 0.29) is 23.8 Å². The van der Waals surface area contributed by atoms with Crippen LogP contribution in [0.3, 0.4) is 0 Å².